The number of methoxy groups -OCH3 is 1. The zero-order valence-corrected chi connectivity index (χ0v) is 17.8. The molecule has 0 saturated carbocycles. The summed E-state index contributed by atoms with van der Waals surface area (Å²) in [5, 5.41) is 0. The molecule has 3 aromatic rings. The summed E-state index contributed by atoms with van der Waals surface area (Å²) < 4.78 is 35.8. The number of hydrogen-bond donors (Lipinski definition) is 1. The average molecular weight is 429 g/mol. The van der Waals surface area contributed by atoms with E-state index in [1.54, 1.807) is 17.0 Å². The Kier molecular flexibility index (Phi) is 5.48. The highest BCUT2D eigenvalue weighted by atomic mass is 32.2. The van der Waals surface area contributed by atoms with Crippen LogP contribution in [0.5, 0.6) is 5.75 Å². The molecule has 9 heteroatoms. The number of aromatic nitrogens is 2. The number of imidazole rings is 1. The number of anilines is 1. The highest BCUT2D eigenvalue weighted by Crippen LogP contribution is 2.30. The number of carbonyl (C=O) groups excluding carboxylic acids is 1. The molecule has 3 heterocycles. The largest absolute Gasteiger partial charge is 0.495 e. The number of hydrogen-bond acceptors (Lipinski definition) is 5. The fraction of sp³-hybridized carbons (Fsp3) is 0.333. The molecule has 1 amide bonds. The van der Waals surface area contributed by atoms with E-state index in [1.807, 2.05) is 35.7 Å². The first-order chi connectivity index (χ1) is 14.4. The van der Waals surface area contributed by atoms with Gasteiger partial charge in [-0.05, 0) is 43.7 Å². The molecule has 2 aromatic heterocycles. The van der Waals surface area contributed by atoms with Crippen LogP contribution in [0.15, 0.2) is 47.5 Å². The highest BCUT2D eigenvalue weighted by Gasteiger charge is 2.26. The maximum Gasteiger partial charge on any atom is 0.244 e. The van der Waals surface area contributed by atoms with Crippen molar-refractivity contribution >= 4 is 27.3 Å². The van der Waals surface area contributed by atoms with Crippen molar-refractivity contribution in [3.63, 3.8) is 0 Å². The third kappa shape index (κ3) is 3.90. The molecule has 8 nitrogen and oxygen atoms in total. The molecule has 0 radical (unpaired) electrons. The molecule has 0 unspecified atom stereocenters. The van der Waals surface area contributed by atoms with Gasteiger partial charge in [0.1, 0.15) is 16.3 Å². The maximum absolute atomic E-state index is 13.0. The topological polar surface area (TPSA) is 93.0 Å². The molecule has 4 rings (SSSR count). The van der Waals surface area contributed by atoms with E-state index in [9.17, 15) is 13.2 Å². The molecular weight excluding hydrogens is 404 g/mol. The van der Waals surface area contributed by atoms with E-state index in [4.69, 9.17) is 4.74 Å². The first-order valence-electron chi connectivity index (χ1n) is 9.81. The van der Waals surface area contributed by atoms with Gasteiger partial charge in [-0.2, -0.15) is 0 Å². The minimum Gasteiger partial charge on any atom is -0.495 e. The molecule has 1 saturated heterocycles. The number of rotatable bonds is 7. The summed E-state index contributed by atoms with van der Waals surface area (Å²) in [4.78, 5) is 18.2. The lowest BCUT2D eigenvalue weighted by Gasteiger charge is -2.18. The quantitative estimate of drug-likeness (QED) is 0.623. The van der Waals surface area contributed by atoms with Crippen LogP contribution in [0.2, 0.25) is 0 Å². The van der Waals surface area contributed by atoms with Gasteiger partial charge < -0.3 is 14.0 Å². The molecule has 158 valence electrons. The van der Waals surface area contributed by atoms with Crippen LogP contribution in [0.4, 0.5) is 5.69 Å². The van der Waals surface area contributed by atoms with E-state index >= 15 is 0 Å². The summed E-state index contributed by atoms with van der Waals surface area (Å²) in [7, 11) is -2.40. The fourth-order valence-electron chi connectivity index (χ4n) is 3.67. The van der Waals surface area contributed by atoms with Gasteiger partial charge in [-0.1, -0.05) is 6.07 Å². The number of carbonyl (C=O) groups is 1. The normalized spacial score (nSPS) is 14.6. The first kappa shape index (κ1) is 20.4. The number of ether oxygens (including phenoxy) is 1. The average Bonchev–Trinajstić information content (AvgIpc) is 3.34. The van der Waals surface area contributed by atoms with Crippen LogP contribution in [0.25, 0.3) is 5.65 Å². The Hall–Kier alpha value is -2.91. The van der Waals surface area contributed by atoms with Crippen LogP contribution in [-0.4, -0.2) is 43.9 Å². The molecule has 1 fully saturated rings. The Labute approximate surface area is 175 Å². The van der Waals surface area contributed by atoms with Gasteiger partial charge in [-0.15, -0.1) is 0 Å². The van der Waals surface area contributed by atoms with Crippen molar-refractivity contribution in [1.29, 1.82) is 0 Å². The summed E-state index contributed by atoms with van der Waals surface area (Å²) in [6.45, 7) is 2.78. The molecule has 1 N–H and O–H groups in total. The Morgan fingerprint density at radius 1 is 1.23 bits per heavy atom. The fourth-order valence-corrected chi connectivity index (χ4v) is 4.89. The zero-order valence-electron chi connectivity index (χ0n) is 17.0. The van der Waals surface area contributed by atoms with Gasteiger partial charge in [-0.25, -0.2) is 18.1 Å². The van der Waals surface area contributed by atoms with Crippen LogP contribution >= 0.6 is 0 Å². The van der Waals surface area contributed by atoms with Crippen molar-refractivity contribution in [3.8, 4) is 5.75 Å². The number of sulfonamides is 1. The molecule has 1 aliphatic heterocycles. The van der Waals surface area contributed by atoms with Gasteiger partial charge in [-0.3, -0.25) is 4.79 Å². The predicted octanol–water partition coefficient (Wildman–Crippen LogP) is 2.30. The lowest BCUT2D eigenvalue weighted by atomic mass is 10.3. The van der Waals surface area contributed by atoms with Gasteiger partial charge in [0.05, 0.1) is 12.8 Å². The standard InChI is InChI=1S/C21H24N4O4S/c1-15-5-3-6-20-23-16(14-25(15)20)10-11-22-30(27,28)19-13-17(8-9-18(19)29-2)24-12-4-7-21(24)26/h3,5-6,8-9,13-14,22H,4,7,10-12H2,1-2H3. The summed E-state index contributed by atoms with van der Waals surface area (Å²) in [5.41, 5.74) is 3.26. The summed E-state index contributed by atoms with van der Waals surface area (Å²) in [5.74, 6) is 0.236. The number of aryl methyl sites for hydroxylation is 1. The molecule has 0 atom stereocenters. The Bertz CT molecular complexity index is 1200. The minimum atomic E-state index is -3.83. The molecule has 1 aliphatic rings. The number of fused-ring (bicyclic) bond motifs is 1. The number of nitrogens with zero attached hydrogens (tertiary/aromatic N) is 3. The Morgan fingerprint density at radius 3 is 2.77 bits per heavy atom. The number of pyridine rings is 1. The lowest BCUT2D eigenvalue weighted by molar-refractivity contribution is -0.117. The maximum atomic E-state index is 13.0. The third-order valence-corrected chi connectivity index (χ3v) is 6.72. The Morgan fingerprint density at radius 2 is 2.07 bits per heavy atom. The molecule has 30 heavy (non-hydrogen) atoms. The van der Waals surface area contributed by atoms with E-state index in [1.165, 1.54) is 13.2 Å². The lowest BCUT2D eigenvalue weighted by Crippen LogP contribution is -2.28. The van der Waals surface area contributed by atoms with Crippen LogP contribution in [0.1, 0.15) is 24.2 Å². The minimum absolute atomic E-state index is 0.00128. The number of amides is 1. The van der Waals surface area contributed by atoms with Crippen molar-refractivity contribution in [1.82, 2.24) is 14.1 Å². The first-order valence-corrected chi connectivity index (χ1v) is 11.3. The smallest absolute Gasteiger partial charge is 0.244 e. The zero-order chi connectivity index (χ0) is 21.3. The van der Waals surface area contributed by atoms with Gasteiger partial charge in [0.25, 0.3) is 0 Å². The van der Waals surface area contributed by atoms with E-state index in [0.717, 1.165) is 23.5 Å². The summed E-state index contributed by atoms with van der Waals surface area (Å²) in [6.07, 6.45) is 3.61. The summed E-state index contributed by atoms with van der Waals surface area (Å²) >= 11 is 0. The van der Waals surface area contributed by atoms with Gasteiger partial charge in [0, 0.05) is 43.5 Å². The monoisotopic (exact) mass is 428 g/mol. The van der Waals surface area contributed by atoms with E-state index in [0.29, 0.717) is 25.1 Å². The predicted molar refractivity (Wildman–Crippen MR) is 113 cm³/mol. The van der Waals surface area contributed by atoms with Crippen LogP contribution in [0, 0.1) is 6.92 Å². The molecular formula is C21H24N4O4S. The van der Waals surface area contributed by atoms with Crippen molar-refractivity contribution in [3.05, 3.63) is 54.0 Å². The van der Waals surface area contributed by atoms with Gasteiger partial charge in [0.2, 0.25) is 15.9 Å². The molecule has 1 aromatic carbocycles. The van der Waals surface area contributed by atoms with Crippen LogP contribution in [-0.2, 0) is 21.2 Å². The van der Waals surface area contributed by atoms with Gasteiger partial charge >= 0.3 is 0 Å². The second-order valence-electron chi connectivity index (χ2n) is 7.26. The molecule has 0 spiro atoms. The van der Waals surface area contributed by atoms with E-state index < -0.39 is 10.0 Å². The van der Waals surface area contributed by atoms with Crippen molar-refractivity contribution in [2.75, 3.05) is 25.1 Å². The van der Waals surface area contributed by atoms with E-state index in [2.05, 4.69) is 9.71 Å². The third-order valence-electron chi connectivity index (χ3n) is 5.24. The molecule has 0 bridgehead atoms. The van der Waals surface area contributed by atoms with Gasteiger partial charge in [0.15, 0.2) is 0 Å². The second-order valence-corrected chi connectivity index (χ2v) is 8.99. The number of nitrogens with one attached hydrogen (secondary N) is 1. The van der Waals surface area contributed by atoms with Crippen molar-refractivity contribution in [2.24, 2.45) is 0 Å². The van der Waals surface area contributed by atoms with Crippen LogP contribution in [0.3, 0.4) is 0 Å². The van der Waals surface area contributed by atoms with Crippen LogP contribution < -0.4 is 14.4 Å². The number of benzene rings is 1. The highest BCUT2D eigenvalue weighted by molar-refractivity contribution is 7.89. The SMILES string of the molecule is COc1ccc(N2CCCC2=O)cc1S(=O)(=O)NCCc1cn2c(C)cccc2n1. The van der Waals surface area contributed by atoms with Crippen molar-refractivity contribution < 1.29 is 17.9 Å². The van der Waals surface area contributed by atoms with E-state index in [-0.39, 0.29) is 23.1 Å². The second kappa shape index (κ2) is 8.08. The molecule has 0 aliphatic carbocycles. The Balaban J connectivity index is 1.52. The van der Waals surface area contributed by atoms with Crippen molar-refractivity contribution in [2.45, 2.75) is 31.1 Å². The summed E-state index contributed by atoms with van der Waals surface area (Å²) in [6, 6.07) is 10.6.